The van der Waals surface area contributed by atoms with Gasteiger partial charge in [-0.25, -0.2) is 0 Å². The van der Waals surface area contributed by atoms with Crippen molar-refractivity contribution >= 4 is 17.6 Å². The van der Waals surface area contributed by atoms with Gasteiger partial charge in [-0.1, -0.05) is 23.7 Å². The van der Waals surface area contributed by atoms with Crippen molar-refractivity contribution in [1.29, 1.82) is 0 Å². The normalized spacial score (nSPS) is 12.4. The number of carboxylic acids is 1. The second-order valence-corrected chi connectivity index (χ2v) is 3.95. The minimum Gasteiger partial charge on any atom is -0.480 e. The summed E-state index contributed by atoms with van der Waals surface area (Å²) >= 11 is 5.93. The van der Waals surface area contributed by atoms with Gasteiger partial charge in [0.25, 0.3) is 0 Å². The maximum atomic E-state index is 10.6. The topological polar surface area (TPSA) is 69.6 Å². The molecule has 0 amide bonds. The zero-order valence-electron chi connectivity index (χ0n) is 8.90. The molecule has 0 radical (unpaired) electrons. The summed E-state index contributed by atoms with van der Waals surface area (Å²) in [5, 5.41) is 20.9. The molecule has 0 saturated carbocycles. The first kappa shape index (κ1) is 13.0. The molecule has 0 spiro atoms. The fourth-order valence-electron chi connectivity index (χ4n) is 1.22. The van der Waals surface area contributed by atoms with Crippen LogP contribution >= 0.6 is 11.6 Å². The molecule has 1 aromatic rings. The molecule has 0 bridgehead atoms. The zero-order chi connectivity index (χ0) is 12.1. The van der Waals surface area contributed by atoms with Crippen LogP contribution in [0.5, 0.6) is 0 Å². The van der Waals surface area contributed by atoms with E-state index in [9.17, 15) is 4.79 Å². The molecule has 4 nitrogen and oxygen atoms in total. The van der Waals surface area contributed by atoms with Crippen molar-refractivity contribution in [1.82, 2.24) is 5.32 Å². The van der Waals surface area contributed by atoms with Gasteiger partial charge in [-0.05, 0) is 24.1 Å². The molecule has 1 atom stereocenters. The van der Waals surface area contributed by atoms with Crippen molar-refractivity contribution in [3.05, 3.63) is 34.3 Å². The molecule has 0 aromatic heterocycles. The van der Waals surface area contributed by atoms with E-state index in [1.54, 1.807) is 6.07 Å². The second-order valence-electron chi connectivity index (χ2n) is 3.54. The number of nitrogens with one attached hydrogen (secondary N) is 1. The van der Waals surface area contributed by atoms with Gasteiger partial charge in [0.1, 0.15) is 6.04 Å². The van der Waals surface area contributed by atoms with Gasteiger partial charge in [-0.2, -0.15) is 0 Å². The summed E-state index contributed by atoms with van der Waals surface area (Å²) in [4.78, 5) is 10.6. The van der Waals surface area contributed by atoms with Gasteiger partial charge in [-0.15, -0.1) is 0 Å². The number of rotatable bonds is 5. The molecule has 0 saturated heterocycles. The maximum Gasteiger partial charge on any atom is 0.323 e. The molecule has 5 heteroatoms. The van der Waals surface area contributed by atoms with Crippen LogP contribution in [0.1, 0.15) is 11.1 Å². The maximum absolute atomic E-state index is 10.6. The summed E-state index contributed by atoms with van der Waals surface area (Å²) in [6.45, 7) is 1.82. The molecule has 0 aliphatic carbocycles. The highest BCUT2D eigenvalue weighted by atomic mass is 35.5. The average Bonchev–Trinajstić information content (AvgIpc) is 2.23. The van der Waals surface area contributed by atoms with Crippen molar-refractivity contribution in [2.75, 3.05) is 6.61 Å². The van der Waals surface area contributed by atoms with E-state index >= 15 is 0 Å². The Morgan fingerprint density at radius 3 is 2.75 bits per heavy atom. The Labute approximate surface area is 98.9 Å². The predicted molar refractivity (Wildman–Crippen MR) is 61.5 cm³/mol. The van der Waals surface area contributed by atoms with Gasteiger partial charge < -0.3 is 10.2 Å². The van der Waals surface area contributed by atoms with Crippen LogP contribution in [0.3, 0.4) is 0 Å². The van der Waals surface area contributed by atoms with Crippen LogP contribution in [0, 0.1) is 6.92 Å². The van der Waals surface area contributed by atoms with E-state index in [2.05, 4.69) is 5.32 Å². The third-order valence-corrected chi connectivity index (χ3v) is 2.68. The van der Waals surface area contributed by atoms with Crippen molar-refractivity contribution in [3.63, 3.8) is 0 Å². The lowest BCUT2D eigenvalue weighted by Gasteiger charge is -2.11. The number of benzene rings is 1. The third kappa shape index (κ3) is 3.48. The highest BCUT2D eigenvalue weighted by Gasteiger charge is 2.14. The first-order valence-electron chi connectivity index (χ1n) is 4.86. The molecule has 0 heterocycles. The van der Waals surface area contributed by atoms with Crippen molar-refractivity contribution < 1.29 is 15.0 Å². The first-order valence-corrected chi connectivity index (χ1v) is 5.24. The van der Waals surface area contributed by atoms with Crippen molar-refractivity contribution in [3.8, 4) is 0 Å². The minimum absolute atomic E-state index is 0.359. The van der Waals surface area contributed by atoms with Gasteiger partial charge in [0.05, 0.1) is 6.61 Å². The number of halogens is 1. The van der Waals surface area contributed by atoms with Crippen LogP contribution in [0.15, 0.2) is 18.2 Å². The van der Waals surface area contributed by atoms with Gasteiger partial charge in [0, 0.05) is 11.6 Å². The molecule has 1 aromatic carbocycles. The van der Waals surface area contributed by atoms with Gasteiger partial charge >= 0.3 is 5.97 Å². The van der Waals surface area contributed by atoms with Gasteiger partial charge in [0.15, 0.2) is 0 Å². The van der Waals surface area contributed by atoms with Crippen molar-refractivity contribution in [2.24, 2.45) is 0 Å². The zero-order valence-corrected chi connectivity index (χ0v) is 9.66. The van der Waals surface area contributed by atoms with Crippen LogP contribution in [0.25, 0.3) is 0 Å². The summed E-state index contributed by atoms with van der Waals surface area (Å²) in [6.07, 6.45) is 0. The van der Waals surface area contributed by atoms with E-state index in [1.165, 1.54) is 0 Å². The summed E-state index contributed by atoms with van der Waals surface area (Å²) in [5.41, 5.74) is 1.86. The summed E-state index contributed by atoms with van der Waals surface area (Å²) in [6, 6.07) is 4.57. The van der Waals surface area contributed by atoms with Crippen LogP contribution in [0.2, 0.25) is 5.02 Å². The smallest absolute Gasteiger partial charge is 0.323 e. The second kappa shape index (κ2) is 5.84. The summed E-state index contributed by atoms with van der Waals surface area (Å²) in [7, 11) is 0. The molecule has 16 heavy (non-hydrogen) atoms. The van der Waals surface area contributed by atoms with Crippen LogP contribution in [0.4, 0.5) is 0 Å². The van der Waals surface area contributed by atoms with E-state index in [0.717, 1.165) is 11.1 Å². The van der Waals surface area contributed by atoms with E-state index < -0.39 is 18.6 Å². The van der Waals surface area contributed by atoms with E-state index in [1.807, 2.05) is 19.1 Å². The van der Waals surface area contributed by atoms with E-state index in [0.29, 0.717) is 11.6 Å². The van der Waals surface area contributed by atoms with Gasteiger partial charge in [0.2, 0.25) is 0 Å². The largest absolute Gasteiger partial charge is 0.480 e. The standard InChI is InChI=1S/C11H14ClNO3/c1-7-2-3-8(4-9(7)12)5-13-10(6-14)11(15)16/h2-4,10,13-14H,5-6H2,1H3,(H,15,16)/t10-/m1/s1. The molecule has 1 rings (SSSR count). The lowest BCUT2D eigenvalue weighted by Crippen LogP contribution is -2.39. The Morgan fingerprint density at radius 2 is 2.25 bits per heavy atom. The number of hydrogen-bond donors (Lipinski definition) is 3. The molecule has 0 aliphatic heterocycles. The SMILES string of the molecule is Cc1ccc(CN[C@H](CO)C(=O)O)cc1Cl. The van der Waals surface area contributed by atoms with Crippen LogP contribution < -0.4 is 5.32 Å². The number of aryl methyl sites for hydroxylation is 1. The molecule has 88 valence electrons. The monoisotopic (exact) mass is 243 g/mol. The number of carbonyl (C=O) groups is 1. The number of aliphatic carboxylic acids is 1. The Hall–Kier alpha value is -1.10. The first-order chi connectivity index (χ1) is 7.54. The average molecular weight is 244 g/mol. The predicted octanol–water partition coefficient (Wildman–Crippen LogP) is 1.18. The lowest BCUT2D eigenvalue weighted by molar-refractivity contribution is -0.140. The number of carboxylic acid groups (broad SMARTS) is 1. The lowest BCUT2D eigenvalue weighted by atomic mass is 10.1. The molecule has 0 unspecified atom stereocenters. The molecule has 0 fully saturated rings. The molecule has 3 N–H and O–H groups in total. The molecular weight excluding hydrogens is 230 g/mol. The van der Waals surface area contributed by atoms with Crippen LogP contribution in [-0.2, 0) is 11.3 Å². The fourth-order valence-corrected chi connectivity index (χ4v) is 1.42. The highest BCUT2D eigenvalue weighted by molar-refractivity contribution is 6.31. The Bertz CT molecular complexity index is 381. The Kier molecular flexibility index (Phi) is 4.73. The Morgan fingerprint density at radius 1 is 1.56 bits per heavy atom. The quantitative estimate of drug-likeness (QED) is 0.727. The summed E-state index contributed by atoms with van der Waals surface area (Å²) < 4.78 is 0. The van der Waals surface area contributed by atoms with Gasteiger partial charge in [-0.3, -0.25) is 10.1 Å². The van der Waals surface area contributed by atoms with Crippen molar-refractivity contribution in [2.45, 2.75) is 19.5 Å². The molecule has 0 aliphatic rings. The minimum atomic E-state index is -1.07. The number of aliphatic hydroxyl groups is 1. The Balaban J connectivity index is 2.60. The van der Waals surface area contributed by atoms with E-state index in [-0.39, 0.29) is 0 Å². The fraction of sp³-hybridized carbons (Fsp3) is 0.364. The van der Waals surface area contributed by atoms with E-state index in [4.69, 9.17) is 21.8 Å². The summed E-state index contributed by atoms with van der Waals surface area (Å²) in [5.74, 6) is -1.07. The van der Waals surface area contributed by atoms with Crippen LogP contribution in [-0.4, -0.2) is 28.8 Å². The molecular formula is C11H14ClNO3. The number of aliphatic hydroxyl groups excluding tert-OH is 1. The number of hydrogen-bond acceptors (Lipinski definition) is 3. The highest BCUT2D eigenvalue weighted by Crippen LogP contribution is 2.16. The third-order valence-electron chi connectivity index (χ3n) is 2.27.